The molecule has 1 saturated carbocycles. The summed E-state index contributed by atoms with van der Waals surface area (Å²) in [6.07, 6.45) is 3.18. The van der Waals surface area contributed by atoms with E-state index in [1.165, 1.54) is 4.88 Å². The standard InChI is InChI=1S/C11H16N2OS/c1-7-8(2)15-10(13-7)6-9(14)11(12)4-3-5-11/h3-6,12H2,1-2H3. The summed E-state index contributed by atoms with van der Waals surface area (Å²) in [7, 11) is 0. The van der Waals surface area contributed by atoms with Crippen LogP contribution in [-0.2, 0) is 11.2 Å². The first-order valence-electron chi connectivity index (χ1n) is 5.26. The Hall–Kier alpha value is -0.740. The van der Waals surface area contributed by atoms with Crippen LogP contribution in [0.5, 0.6) is 0 Å². The number of carbonyl (C=O) groups excluding carboxylic acids is 1. The number of nitrogens with two attached hydrogens (primary N) is 1. The highest BCUT2D eigenvalue weighted by atomic mass is 32.1. The maximum Gasteiger partial charge on any atom is 0.159 e. The van der Waals surface area contributed by atoms with Crippen molar-refractivity contribution < 1.29 is 4.79 Å². The Kier molecular flexibility index (Phi) is 2.64. The molecule has 0 radical (unpaired) electrons. The average molecular weight is 224 g/mol. The van der Waals surface area contributed by atoms with Crippen LogP contribution in [0.1, 0.15) is 34.8 Å². The molecule has 0 unspecified atom stereocenters. The van der Waals surface area contributed by atoms with Crippen molar-refractivity contribution in [2.75, 3.05) is 0 Å². The van der Waals surface area contributed by atoms with E-state index < -0.39 is 5.54 Å². The number of rotatable bonds is 3. The summed E-state index contributed by atoms with van der Waals surface area (Å²) >= 11 is 1.61. The van der Waals surface area contributed by atoms with Crippen LogP contribution in [0, 0.1) is 13.8 Å². The lowest BCUT2D eigenvalue weighted by Gasteiger charge is -2.36. The molecule has 0 bridgehead atoms. The van der Waals surface area contributed by atoms with E-state index in [2.05, 4.69) is 4.98 Å². The predicted molar refractivity (Wildman–Crippen MR) is 61.1 cm³/mol. The second-order valence-electron chi connectivity index (χ2n) is 4.36. The van der Waals surface area contributed by atoms with Crippen molar-refractivity contribution in [3.63, 3.8) is 0 Å². The van der Waals surface area contributed by atoms with E-state index in [1.807, 2.05) is 13.8 Å². The molecule has 3 nitrogen and oxygen atoms in total. The summed E-state index contributed by atoms with van der Waals surface area (Å²) in [6.45, 7) is 4.00. The van der Waals surface area contributed by atoms with Crippen molar-refractivity contribution in [3.8, 4) is 0 Å². The minimum atomic E-state index is -0.534. The molecule has 0 atom stereocenters. The van der Waals surface area contributed by atoms with Crippen molar-refractivity contribution in [1.82, 2.24) is 4.98 Å². The number of carbonyl (C=O) groups is 1. The number of aromatic nitrogens is 1. The Bertz CT molecular complexity index is 374. The third kappa shape index (κ3) is 1.96. The van der Waals surface area contributed by atoms with Gasteiger partial charge >= 0.3 is 0 Å². The first-order valence-corrected chi connectivity index (χ1v) is 6.08. The zero-order chi connectivity index (χ0) is 11.1. The van der Waals surface area contributed by atoms with Gasteiger partial charge in [-0.25, -0.2) is 4.98 Å². The highest BCUT2D eigenvalue weighted by Gasteiger charge is 2.39. The van der Waals surface area contributed by atoms with Crippen LogP contribution in [-0.4, -0.2) is 16.3 Å². The normalized spacial score (nSPS) is 18.6. The van der Waals surface area contributed by atoms with E-state index in [1.54, 1.807) is 11.3 Å². The molecule has 0 saturated heterocycles. The third-order valence-corrected chi connectivity index (χ3v) is 4.26. The van der Waals surface area contributed by atoms with Gasteiger partial charge in [-0.15, -0.1) is 11.3 Å². The van der Waals surface area contributed by atoms with Gasteiger partial charge in [0.05, 0.1) is 17.7 Å². The fourth-order valence-electron chi connectivity index (χ4n) is 1.76. The SMILES string of the molecule is Cc1nc(CC(=O)C2(N)CCC2)sc1C. The lowest BCUT2D eigenvalue weighted by Crippen LogP contribution is -2.54. The predicted octanol–water partition coefficient (Wildman–Crippen LogP) is 1.75. The topological polar surface area (TPSA) is 56.0 Å². The van der Waals surface area contributed by atoms with E-state index in [4.69, 9.17) is 5.73 Å². The molecule has 0 amide bonds. The Labute approximate surface area is 93.7 Å². The Morgan fingerprint density at radius 1 is 1.53 bits per heavy atom. The minimum absolute atomic E-state index is 0.155. The molecule has 15 heavy (non-hydrogen) atoms. The lowest BCUT2D eigenvalue weighted by atomic mass is 9.74. The quantitative estimate of drug-likeness (QED) is 0.851. The maximum absolute atomic E-state index is 11.9. The van der Waals surface area contributed by atoms with Crippen LogP contribution in [0.4, 0.5) is 0 Å². The van der Waals surface area contributed by atoms with E-state index in [9.17, 15) is 4.79 Å². The molecule has 1 aromatic heterocycles. The highest BCUT2D eigenvalue weighted by molar-refractivity contribution is 7.11. The molecule has 0 spiro atoms. The fraction of sp³-hybridized carbons (Fsp3) is 0.636. The number of ketones is 1. The van der Waals surface area contributed by atoms with Crippen molar-refractivity contribution in [3.05, 3.63) is 15.6 Å². The summed E-state index contributed by atoms with van der Waals surface area (Å²) in [6, 6.07) is 0. The molecule has 82 valence electrons. The molecule has 2 rings (SSSR count). The van der Waals surface area contributed by atoms with Crippen molar-refractivity contribution in [2.24, 2.45) is 5.73 Å². The third-order valence-electron chi connectivity index (χ3n) is 3.19. The maximum atomic E-state index is 11.9. The summed E-state index contributed by atoms with van der Waals surface area (Å²) in [5.74, 6) is 0.155. The highest BCUT2D eigenvalue weighted by Crippen LogP contribution is 2.31. The van der Waals surface area contributed by atoms with E-state index >= 15 is 0 Å². The van der Waals surface area contributed by atoms with Gasteiger partial charge in [-0.05, 0) is 33.1 Å². The van der Waals surface area contributed by atoms with Crippen LogP contribution < -0.4 is 5.73 Å². The zero-order valence-corrected chi connectivity index (χ0v) is 9.99. The second kappa shape index (κ2) is 3.68. The minimum Gasteiger partial charge on any atom is -0.319 e. The first-order chi connectivity index (χ1) is 7.01. The number of Topliss-reactive ketones (excluding diaryl/α,β-unsaturated/α-hetero) is 1. The second-order valence-corrected chi connectivity index (χ2v) is 5.65. The van der Waals surface area contributed by atoms with Gasteiger partial charge in [0.1, 0.15) is 5.01 Å². The number of thiazole rings is 1. The van der Waals surface area contributed by atoms with Crippen molar-refractivity contribution in [2.45, 2.75) is 45.1 Å². The van der Waals surface area contributed by atoms with E-state index in [0.717, 1.165) is 30.0 Å². The molecule has 1 aromatic rings. The van der Waals surface area contributed by atoms with Gasteiger partial charge in [0.25, 0.3) is 0 Å². The molecule has 1 fully saturated rings. The van der Waals surface area contributed by atoms with Crippen LogP contribution >= 0.6 is 11.3 Å². The van der Waals surface area contributed by atoms with Crippen LogP contribution in [0.15, 0.2) is 0 Å². The molecular formula is C11H16N2OS. The number of hydrogen-bond donors (Lipinski definition) is 1. The monoisotopic (exact) mass is 224 g/mol. The Balaban J connectivity index is 2.05. The van der Waals surface area contributed by atoms with Gasteiger partial charge in [0.15, 0.2) is 5.78 Å². The molecule has 1 aliphatic carbocycles. The molecular weight excluding hydrogens is 208 g/mol. The smallest absolute Gasteiger partial charge is 0.159 e. The number of hydrogen-bond acceptors (Lipinski definition) is 4. The van der Waals surface area contributed by atoms with Gasteiger partial charge < -0.3 is 5.73 Å². The molecule has 2 N–H and O–H groups in total. The first kappa shape index (κ1) is 10.8. The van der Waals surface area contributed by atoms with Gasteiger partial charge in [-0.3, -0.25) is 4.79 Å². The van der Waals surface area contributed by atoms with E-state index in [0.29, 0.717) is 6.42 Å². The molecule has 4 heteroatoms. The number of nitrogens with zero attached hydrogens (tertiary/aromatic N) is 1. The fourth-order valence-corrected chi connectivity index (χ4v) is 2.70. The average Bonchev–Trinajstić information content (AvgIpc) is 2.41. The molecule has 1 aliphatic rings. The summed E-state index contributed by atoms with van der Waals surface area (Å²) in [4.78, 5) is 17.4. The van der Waals surface area contributed by atoms with Crippen molar-refractivity contribution in [1.29, 1.82) is 0 Å². The van der Waals surface area contributed by atoms with Gasteiger partial charge in [0.2, 0.25) is 0 Å². The van der Waals surface area contributed by atoms with E-state index in [-0.39, 0.29) is 5.78 Å². The van der Waals surface area contributed by atoms with Gasteiger partial charge in [-0.2, -0.15) is 0 Å². The molecule has 0 aliphatic heterocycles. The van der Waals surface area contributed by atoms with Gasteiger partial charge in [-0.1, -0.05) is 0 Å². The van der Waals surface area contributed by atoms with Crippen LogP contribution in [0.25, 0.3) is 0 Å². The lowest BCUT2D eigenvalue weighted by molar-refractivity contribution is -0.126. The van der Waals surface area contributed by atoms with Gasteiger partial charge in [0, 0.05) is 4.88 Å². The zero-order valence-electron chi connectivity index (χ0n) is 9.17. The summed E-state index contributed by atoms with van der Waals surface area (Å²) in [5.41, 5.74) is 6.46. The number of aryl methyl sites for hydroxylation is 2. The van der Waals surface area contributed by atoms with Crippen molar-refractivity contribution >= 4 is 17.1 Å². The summed E-state index contributed by atoms with van der Waals surface area (Å²) in [5, 5.41) is 0.909. The summed E-state index contributed by atoms with van der Waals surface area (Å²) < 4.78 is 0. The van der Waals surface area contributed by atoms with Crippen LogP contribution in [0.3, 0.4) is 0 Å². The largest absolute Gasteiger partial charge is 0.319 e. The molecule has 0 aromatic carbocycles. The molecule has 1 heterocycles. The Morgan fingerprint density at radius 3 is 2.60 bits per heavy atom. The van der Waals surface area contributed by atoms with Crippen LogP contribution in [0.2, 0.25) is 0 Å². The Morgan fingerprint density at radius 2 is 2.20 bits per heavy atom.